The van der Waals surface area contributed by atoms with Gasteiger partial charge in [-0.2, -0.15) is 4.98 Å². The monoisotopic (exact) mass is 238 g/mol. The molecule has 2 aromatic heterocycles. The number of pyridine rings is 1. The Kier molecular flexibility index (Phi) is 2.49. The van der Waals surface area contributed by atoms with Crippen LogP contribution in [0.15, 0.2) is 48.8 Å². The molecule has 0 aliphatic rings. The number of nitrogen functional groups attached to an aromatic ring is 1. The lowest BCUT2D eigenvalue weighted by Gasteiger charge is -2.05. The van der Waals surface area contributed by atoms with Crippen molar-refractivity contribution in [2.45, 2.75) is 0 Å². The van der Waals surface area contributed by atoms with Crippen LogP contribution in [-0.2, 0) is 0 Å². The lowest BCUT2D eigenvalue weighted by molar-refractivity contribution is 0.465. The summed E-state index contributed by atoms with van der Waals surface area (Å²) in [4.78, 5) is 12.5. The second kappa shape index (κ2) is 4.29. The zero-order valence-electron chi connectivity index (χ0n) is 9.45. The van der Waals surface area contributed by atoms with E-state index in [9.17, 15) is 0 Å². The molecule has 3 aromatic rings. The summed E-state index contributed by atoms with van der Waals surface area (Å²) in [5.41, 5.74) is 7.61. The quantitative estimate of drug-likeness (QED) is 0.694. The SMILES string of the molecule is Nc1cccc(Oc2ccc3nccnc3n2)c1. The molecule has 2 N–H and O–H groups in total. The van der Waals surface area contributed by atoms with Crippen LogP contribution in [0.1, 0.15) is 0 Å². The van der Waals surface area contributed by atoms with Crippen molar-refractivity contribution in [3.63, 3.8) is 0 Å². The number of hydrogen-bond acceptors (Lipinski definition) is 5. The van der Waals surface area contributed by atoms with Gasteiger partial charge in [-0.25, -0.2) is 4.98 Å². The van der Waals surface area contributed by atoms with Gasteiger partial charge in [-0.1, -0.05) is 6.07 Å². The minimum Gasteiger partial charge on any atom is -0.439 e. The maximum absolute atomic E-state index is 5.68. The Hall–Kier alpha value is -2.69. The Morgan fingerprint density at radius 2 is 1.89 bits per heavy atom. The molecule has 1 aromatic carbocycles. The summed E-state index contributed by atoms with van der Waals surface area (Å²) < 4.78 is 5.61. The van der Waals surface area contributed by atoms with Crippen LogP contribution in [0.3, 0.4) is 0 Å². The zero-order chi connectivity index (χ0) is 12.4. The summed E-state index contributed by atoms with van der Waals surface area (Å²) in [7, 11) is 0. The van der Waals surface area contributed by atoms with E-state index in [0.29, 0.717) is 23.0 Å². The standard InChI is InChI=1S/C13H10N4O/c14-9-2-1-3-10(8-9)18-12-5-4-11-13(17-12)16-7-6-15-11/h1-8H,14H2. The van der Waals surface area contributed by atoms with Crippen molar-refractivity contribution in [1.82, 2.24) is 15.0 Å². The van der Waals surface area contributed by atoms with Gasteiger partial charge >= 0.3 is 0 Å². The van der Waals surface area contributed by atoms with Crippen molar-refractivity contribution in [2.24, 2.45) is 0 Å². The van der Waals surface area contributed by atoms with Gasteiger partial charge in [-0.05, 0) is 18.2 Å². The van der Waals surface area contributed by atoms with Crippen molar-refractivity contribution in [3.8, 4) is 11.6 Å². The van der Waals surface area contributed by atoms with E-state index in [-0.39, 0.29) is 0 Å². The summed E-state index contributed by atoms with van der Waals surface area (Å²) >= 11 is 0. The fraction of sp³-hybridized carbons (Fsp3) is 0. The summed E-state index contributed by atoms with van der Waals surface area (Å²) in [6.45, 7) is 0. The van der Waals surface area contributed by atoms with Gasteiger partial charge in [0.2, 0.25) is 5.88 Å². The maximum atomic E-state index is 5.68. The molecule has 5 heteroatoms. The number of rotatable bonds is 2. The molecule has 0 saturated carbocycles. The highest BCUT2D eigenvalue weighted by atomic mass is 16.5. The molecule has 0 bridgehead atoms. The molecule has 5 nitrogen and oxygen atoms in total. The molecule has 3 rings (SSSR count). The Labute approximate surface area is 103 Å². The molecular weight excluding hydrogens is 228 g/mol. The Balaban J connectivity index is 1.95. The third kappa shape index (κ3) is 2.06. The first-order valence-electron chi connectivity index (χ1n) is 5.42. The van der Waals surface area contributed by atoms with Crippen molar-refractivity contribution < 1.29 is 4.74 Å². The third-order valence-electron chi connectivity index (χ3n) is 2.39. The van der Waals surface area contributed by atoms with E-state index in [1.807, 2.05) is 18.2 Å². The fourth-order valence-corrected chi connectivity index (χ4v) is 1.59. The highest BCUT2D eigenvalue weighted by Crippen LogP contribution is 2.22. The van der Waals surface area contributed by atoms with Crippen molar-refractivity contribution in [2.75, 3.05) is 5.73 Å². The molecule has 2 heterocycles. The van der Waals surface area contributed by atoms with E-state index in [2.05, 4.69) is 15.0 Å². The van der Waals surface area contributed by atoms with Gasteiger partial charge in [0.05, 0.1) is 0 Å². The van der Waals surface area contributed by atoms with Crippen LogP contribution in [-0.4, -0.2) is 15.0 Å². The second-order valence-corrected chi connectivity index (χ2v) is 3.72. The lowest BCUT2D eigenvalue weighted by atomic mass is 10.3. The molecule has 0 aliphatic heterocycles. The first-order valence-corrected chi connectivity index (χ1v) is 5.42. The molecular formula is C13H10N4O. The van der Waals surface area contributed by atoms with E-state index in [1.54, 1.807) is 30.6 Å². The fourth-order valence-electron chi connectivity index (χ4n) is 1.59. The third-order valence-corrected chi connectivity index (χ3v) is 2.39. The van der Waals surface area contributed by atoms with Gasteiger partial charge in [0.15, 0.2) is 5.65 Å². The lowest BCUT2D eigenvalue weighted by Crippen LogP contribution is -1.92. The van der Waals surface area contributed by atoms with Crippen molar-refractivity contribution in [3.05, 3.63) is 48.8 Å². The number of benzene rings is 1. The maximum Gasteiger partial charge on any atom is 0.221 e. The van der Waals surface area contributed by atoms with Crippen LogP contribution in [0, 0.1) is 0 Å². The first-order chi connectivity index (χ1) is 8.81. The van der Waals surface area contributed by atoms with Crippen LogP contribution < -0.4 is 10.5 Å². The number of anilines is 1. The topological polar surface area (TPSA) is 73.9 Å². The predicted molar refractivity (Wildman–Crippen MR) is 68.3 cm³/mol. The average molecular weight is 238 g/mol. The van der Waals surface area contributed by atoms with Gasteiger partial charge in [-0.3, -0.25) is 4.98 Å². The molecule has 0 unspecified atom stereocenters. The van der Waals surface area contributed by atoms with E-state index < -0.39 is 0 Å². The van der Waals surface area contributed by atoms with Gasteiger partial charge in [-0.15, -0.1) is 0 Å². The number of ether oxygens (including phenoxy) is 1. The van der Waals surface area contributed by atoms with Crippen LogP contribution in [0.4, 0.5) is 5.69 Å². The highest BCUT2D eigenvalue weighted by Gasteiger charge is 2.02. The van der Waals surface area contributed by atoms with E-state index in [1.165, 1.54) is 0 Å². The summed E-state index contributed by atoms with van der Waals surface area (Å²) in [5, 5.41) is 0. The number of hydrogen-bond donors (Lipinski definition) is 1. The van der Waals surface area contributed by atoms with Crippen LogP contribution in [0.25, 0.3) is 11.2 Å². The molecule has 18 heavy (non-hydrogen) atoms. The van der Waals surface area contributed by atoms with Crippen LogP contribution >= 0.6 is 0 Å². The van der Waals surface area contributed by atoms with Gasteiger partial charge in [0.1, 0.15) is 11.3 Å². The van der Waals surface area contributed by atoms with Crippen molar-refractivity contribution in [1.29, 1.82) is 0 Å². The Bertz CT molecular complexity index is 699. The predicted octanol–water partition coefficient (Wildman–Crippen LogP) is 2.40. The number of aromatic nitrogens is 3. The summed E-state index contributed by atoms with van der Waals surface area (Å²) in [5.74, 6) is 1.11. The number of fused-ring (bicyclic) bond motifs is 1. The molecule has 0 saturated heterocycles. The average Bonchev–Trinajstić information content (AvgIpc) is 2.39. The van der Waals surface area contributed by atoms with Gasteiger partial charge in [0.25, 0.3) is 0 Å². The van der Waals surface area contributed by atoms with Crippen molar-refractivity contribution >= 4 is 16.9 Å². The second-order valence-electron chi connectivity index (χ2n) is 3.72. The Morgan fingerprint density at radius 3 is 2.78 bits per heavy atom. The molecule has 0 radical (unpaired) electrons. The largest absolute Gasteiger partial charge is 0.439 e. The summed E-state index contributed by atoms with van der Waals surface area (Å²) in [6, 6.07) is 10.7. The summed E-state index contributed by atoms with van der Waals surface area (Å²) in [6.07, 6.45) is 3.22. The normalized spacial score (nSPS) is 10.4. The van der Waals surface area contributed by atoms with Crippen LogP contribution in [0.5, 0.6) is 11.6 Å². The zero-order valence-corrected chi connectivity index (χ0v) is 9.45. The molecule has 0 atom stereocenters. The Morgan fingerprint density at radius 1 is 1.00 bits per heavy atom. The number of nitrogens with zero attached hydrogens (tertiary/aromatic N) is 3. The van der Waals surface area contributed by atoms with E-state index in [4.69, 9.17) is 10.5 Å². The smallest absolute Gasteiger partial charge is 0.221 e. The molecule has 0 aliphatic carbocycles. The molecule has 0 amide bonds. The minimum absolute atomic E-state index is 0.466. The molecule has 0 spiro atoms. The highest BCUT2D eigenvalue weighted by molar-refractivity contribution is 5.69. The number of nitrogens with two attached hydrogens (primary N) is 1. The van der Waals surface area contributed by atoms with Crippen LogP contribution in [0.2, 0.25) is 0 Å². The van der Waals surface area contributed by atoms with Gasteiger partial charge < -0.3 is 10.5 Å². The van der Waals surface area contributed by atoms with Gasteiger partial charge in [0, 0.05) is 30.2 Å². The molecule has 0 fully saturated rings. The van der Waals surface area contributed by atoms with E-state index in [0.717, 1.165) is 5.52 Å². The minimum atomic E-state index is 0.466. The first kappa shape index (κ1) is 10.5. The molecule has 88 valence electrons. The van der Waals surface area contributed by atoms with E-state index >= 15 is 0 Å².